The summed E-state index contributed by atoms with van der Waals surface area (Å²) in [5.74, 6) is -0.486. The van der Waals surface area contributed by atoms with Gasteiger partial charge in [0.15, 0.2) is 0 Å². The van der Waals surface area contributed by atoms with Crippen LogP contribution in [-0.4, -0.2) is 17.9 Å². The summed E-state index contributed by atoms with van der Waals surface area (Å²) in [4.78, 5) is 27.1. The van der Waals surface area contributed by atoms with Crippen molar-refractivity contribution in [2.75, 3.05) is 10.2 Å². The molecule has 0 saturated heterocycles. The summed E-state index contributed by atoms with van der Waals surface area (Å²) in [7, 11) is 0. The molecule has 0 unspecified atom stereocenters. The highest BCUT2D eigenvalue weighted by Crippen LogP contribution is 2.38. The molecule has 0 radical (unpaired) electrons. The molecule has 4 rings (SSSR count). The summed E-state index contributed by atoms with van der Waals surface area (Å²) >= 11 is 0. The second-order valence-electron chi connectivity index (χ2n) is 6.28. The van der Waals surface area contributed by atoms with E-state index in [9.17, 15) is 9.59 Å². The fraction of sp³-hybridized carbons (Fsp3) is 0.263. The first-order valence-corrected chi connectivity index (χ1v) is 7.95. The average Bonchev–Trinajstić information content (AvgIpc) is 2.89. The fourth-order valence-corrected chi connectivity index (χ4v) is 3.70. The van der Waals surface area contributed by atoms with E-state index >= 15 is 0 Å². The molecule has 2 aliphatic rings. The molecule has 1 N–H and O–H groups in total. The molecule has 2 aliphatic heterocycles. The van der Waals surface area contributed by atoms with Crippen molar-refractivity contribution in [3.05, 3.63) is 59.7 Å². The molecular weight excluding hydrogens is 288 g/mol. The summed E-state index contributed by atoms with van der Waals surface area (Å²) in [6, 6.07) is 15.7. The molecule has 0 bridgehead atoms. The molecule has 2 amide bonds. The number of fused-ring (bicyclic) bond motifs is 2. The number of nitrogens with zero attached hydrogens (tertiary/aromatic N) is 1. The van der Waals surface area contributed by atoms with Gasteiger partial charge in [-0.15, -0.1) is 0 Å². The van der Waals surface area contributed by atoms with Crippen molar-refractivity contribution < 1.29 is 9.59 Å². The Morgan fingerprint density at radius 3 is 2.70 bits per heavy atom. The van der Waals surface area contributed by atoms with Gasteiger partial charge in [0, 0.05) is 23.8 Å². The minimum Gasteiger partial charge on any atom is -0.326 e. The van der Waals surface area contributed by atoms with Crippen LogP contribution in [-0.2, 0) is 16.0 Å². The summed E-state index contributed by atoms with van der Waals surface area (Å²) < 4.78 is 0. The quantitative estimate of drug-likeness (QED) is 0.880. The third-order valence-electron chi connectivity index (χ3n) is 4.74. The van der Waals surface area contributed by atoms with Gasteiger partial charge in [-0.05, 0) is 36.6 Å². The van der Waals surface area contributed by atoms with Crippen LogP contribution in [0.15, 0.2) is 48.5 Å². The Hall–Kier alpha value is -2.62. The Morgan fingerprint density at radius 1 is 1.09 bits per heavy atom. The number of rotatable bonds is 1. The molecule has 0 saturated carbocycles. The van der Waals surface area contributed by atoms with Crippen molar-refractivity contribution in [2.45, 2.75) is 31.7 Å². The number of carbonyl (C=O) groups excluding carboxylic acids is 2. The predicted octanol–water partition coefficient (Wildman–Crippen LogP) is 3.09. The van der Waals surface area contributed by atoms with Gasteiger partial charge in [-0.3, -0.25) is 9.59 Å². The van der Waals surface area contributed by atoms with Crippen LogP contribution in [0.25, 0.3) is 0 Å². The Bertz CT molecular complexity index is 799. The Morgan fingerprint density at radius 2 is 1.83 bits per heavy atom. The Kier molecular flexibility index (Phi) is 3.18. The van der Waals surface area contributed by atoms with E-state index in [-0.39, 0.29) is 24.3 Å². The minimum absolute atomic E-state index is 0.0183. The highest BCUT2D eigenvalue weighted by molar-refractivity contribution is 6.07. The van der Waals surface area contributed by atoms with Crippen LogP contribution in [0.3, 0.4) is 0 Å². The molecule has 4 nitrogen and oxygen atoms in total. The predicted molar refractivity (Wildman–Crippen MR) is 89.5 cm³/mol. The zero-order valence-electron chi connectivity index (χ0n) is 13.0. The van der Waals surface area contributed by atoms with Crippen molar-refractivity contribution in [2.24, 2.45) is 0 Å². The Balaban J connectivity index is 1.74. The van der Waals surface area contributed by atoms with Crippen molar-refractivity contribution >= 4 is 23.2 Å². The molecule has 116 valence electrons. The van der Waals surface area contributed by atoms with Gasteiger partial charge in [0.1, 0.15) is 0 Å². The van der Waals surface area contributed by atoms with Gasteiger partial charge in [-0.2, -0.15) is 0 Å². The van der Waals surface area contributed by atoms with E-state index in [1.165, 1.54) is 5.56 Å². The number of para-hydroxylation sites is 2. The van der Waals surface area contributed by atoms with Gasteiger partial charge >= 0.3 is 0 Å². The topological polar surface area (TPSA) is 49.4 Å². The number of carbonyl (C=O) groups is 2. The SMILES string of the molecule is C[C@H]1Cc2ccccc2N1C(=O)[C@@H]1CC(=O)Nc2ccccc21. The van der Waals surface area contributed by atoms with Crippen LogP contribution in [0.2, 0.25) is 0 Å². The zero-order chi connectivity index (χ0) is 16.0. The molecule has 0 aliphatic carbocycles. The summed E-state index contributed by atoms with van der Waals surface area (Å²) in [6.45, 7) is 2.06. The van der Waals surface area contributed by atoms with Gasteiger partial charge < -0.3 is 10.2 Å². The minimum atomic E-state index is -0.409. The first kappa shape index (κ1) is 14.0. The third kappa shape index (κ3) is 2.22. The number of hydrogen-bond donors (Lipinski definition) is 1. The summed E-state index contributed by atoms with van der Waals surface area (Å²) in [6.07, 6.45) is 1.07. The third-order valence-corrected chi connectivity index (χ3v) is 4.74. The second kappa shape index (κ2) is 5.23. The van der Waals surface area contributed by atoms with Crippen LogP contribution in [0.1, 0.15) is 30.4 Å². The smallest absolute Gasteiger partial charge is 0.235 e. The molecule has 2 heterocycles. The molecule has 2 atom stereocenters. The largest absolute Gasteiger partial charge is 0.326 e. The first-order valence-electron chi connectivity index (χ1n) is 7.95. The number of amides is 2. The van der Waals surface area contributed by atoms with E-state index in [0.717, 1.165) is 23.4 Å². The number of anilines is 2. The van der Waals surface area contributed by atoms with E-state index in [1.807, 2.05) is 47.4 Å². The maximum atomic E-state index is 13.2. The van der Waals surface area contributed by atoms with E-state index < -0.39 is 5.92 Å². The number of benzene rings is 2. The molecule has 4 heteroatoms. The Labute approximate surface area is 135 Å². The van der Waals surface area contributed by atoms with Crippen LogP contribution >= 0.6 is 0 Å². The van der Waals surface area contributed by atoms with E-state index in [2.05, 4.69) is 18.3 Å². The van der Waals surface area contributed by atoms with Gasteiger partial charge in [-0.25, -0.2) is 0 Å². The normalized spacial score (nSPS) is 22.3. The maximum Gasteiger partial charge on any atom is 0.235 e. The monoisotopic (exact) mass is 306 g/mol. The highest BCUT2D eigenvalue weighted by Gasteiger charge is 2.38. The lowest BCUT2D eigenvalue weighted by molar-refractivity contribution is -0.124. The van der Waals surface area contributed by atoms with E-state index in [4.69, 9.17) is 0 Å². The zero-order valence-corrected chi connectivity index (χ0v) is 13.0. The second-order valence-corrected chi connectivity index (χ2v) is 6.28. The summed E-state index contributed by atoms with van der Waals surface area (Å²) in [5.41, 5.74) is 3.84. The van der Waals surface area contributed by atoms with Crippen LogP contribution in [0, 0.1) is 0 Å². The van der Waals surface area contributed by atoms with Gasteiger partial charge in [0.05, 0.1) is 5.92 Å². The maximum absolute atomic E-state index is 13.2. The molecule has 0 spiro atoms. The van der Waals surface area contributed by atoms with Crippen molar-refractivity contribution in [3.8, 4) is 0 Å². The van der Waals surface area contributed by atoms with E-state index in [1.54, 1.807) is 0 Å². The van der Waals surface area contributed by atoms with Crippen molar-refractivity contribution in [1.29, 1.82) is 0 Å². The summed E-state index contributed by atoms with van der Waals surface area (Å²) in [5, 5.41) is 2.86. The lowest BCUT2D eigenvalue weighted by atomic mass is 9.89. The van der Waals surface area contributed by atoms with Crippen LogP contribution < -0.4 is 10.2 Å². The highest BCUT2D eigenvalue weighted by atomic mass is 16.2. The van der Waals surface area contributed by atoms with Gasteiger partial charge in [-0.1, -0.05) is 36.4 Å². The van der Waals surface area contributed by atoms with Crippen LogP contribution in [0.4, 0.5) is 11.4 Å². The molecule has 2 aromatic rings. The van der Waals surface area contributed by atoms with Gasteiger partial charge in [0.2, 0.25) is 11.8 Å². The lowest BCUT2D eigenvalue weighted by Crippen LogP contribution is -2.41. The van der Waals surface area contributed by atoms with E-state index in [0.29, 0.717) is 0 Å². The fourth-order valence-electron chi connectivity index (χ4n) is 3.70. The number of nitrogens with one attached hydrogen (secondary N) is 1. The molecular formula is C19H18N2O2. The van der Waals surface area contributed by atoms with Crippen molar-refractivity contribution in [1.82, 2.24) is 0 Å². The first-order chi connectivity index (χ1) is 11.1. The van der Waals surface area contributed by atoms with Crippen molar-refractivity contribution in [3.63, 3.8) is 0 Å². The lowest BCUT2D eigenvalue weighted by Gasteiger charge is -2.31. The molecule has 0 fully saturated rings. The average molecular weight is 306 g/mol. The van der Waals surface area contributed by atoms with Gasteiger partial charge in [0.25, 0.3) is 0 Å². The van der Waals surface area contributed by atoms with Crippen LogP contribution in [0.5, 0.6) is 0 Å². The standard InChI is InChI=1S/C19H18N2O2/c1-12-10-13-6-2-5-9-17(13)21(12)19(23)15-11-18(22)20-16-8-4-3-7-14(15)16/h2-9,12,15H,10-11H2,1H3,(H,20,22)/t12-,15+/m0/s1. The number of hydrogen-bond acceptors (Lipinski definition) is 2. The molecule has 2 aromatic carbocycles. The molecule has 0 aromatic heterocycles. The molecule has 23 heavy (non-hydrogen) atoms.